The van der Waals surface area contributed by atoms with Crippen molar-refractivity contribution in [2.45, 2.75) is 32.2 Å². The van der Waals surface area contributed by atoms with Crippen molar-refractivity contribution >= 4 is 7.60 Å². The Kier molecular flexibility index (Phi) is 5.74. The van der Waals surface area contributed by atoms with E-state index in [0.29, 0.717) is 4.57 Å². The van der Waals surface area contributed by atoms with Crippen LogP contribution in [0.1, 0.15) is 12.5 Å². The van der Waals surface area contributed by atoms with Crippen molar-refractivity contribution in [3.05, 3.63) is 32.6 Å². The maximum Gasteiger partial charge on any atom is 0.416 e. The van der Waals surface area contributed by atoms with Gasteiger partial charge in [-0.2, -0.15) is 13.2 Å². The molecule has 0 aliphatic heterocycles. The number of halogens is 3. The maximum absolute atomic E-state index is 12.8. The van der Waals surface area contributed by atoms with E-state index in [2.05, 4.69) is 4.74 Å². The number of hydrogen-bond donors (Lipinski definition) is 3. The maximum atomic E-state index is 12.8. The third-order valence-corrected chi connectivity index (χ3v) is 3.12. The van der Waals surface area contributed by atoms with Crippen LogP contribution in [0.3, 0.4) is 0 Å². The Morgan fingerprint density at radius 3 is 2.45 bits per heavy atom. The molecule has 8 nitrogen and oxygen atoms in total. The second kappa shape index (κ2) is 6.78. The number of ether oxygens (including phenoxy) is 1. The van der Waals surface area contributed by atoms with E-state index in [9.17, 15) is 27.3 Å². The van der Waals surface area contributed by atoms with Gasteiger partial charge in [-0.15, -0.1) is 0 Å². The topological polar surface area (TPSA) is 122 Å². The zero-order chi connectivity index (χ0) is 17.1. The molecule has 0 radical (unpaired) electrons. The van der Waals surface area contributed by atoms with Crippen LogP contribution in [0.2, 0.25) is 0 Å². The van der Waals surface area contributed by atoms with Gasteiger partial charge in [-0.25, -0.2) is 4.79 Å². The lowest BCUT2D eigenvalue weighted by atomic mass is 10.2. The minimum Gasteiger partial charge on any atom is -0.354 e. The summed E-state index contributed by atoms with van der Waals surface area (Å²) >= 11 is 0. The molecule has 126 valence electrons. The minimum absolute atomic E-state index is 0.0931. The number of rotatable bonds is 6. The summed E-state index contributed by atoms with van der Waals surface area (Å²) in [6, 6.07) is 0. The van der Waals surface area contributed by atoms with Gasteiger partial charge >= 0.3 is 19.5 Å². The molecule has 1 heterocycles. The lowest BCUT2D eigenvalue weighted by Crippen LogP contribution is -2.41. The number of nitrogens with zero attached hydrogens (tertiary/aromatic N) is 1. The molecule has 0 fully saturated rings. The van der Waals surface area contributed by atoms with Gasteiger partial charge in [0, 0.05) is 11.8 Å². The fourth-order valence-electron chi connectivity index (χ4n) is 1.56. The summed E-state index contributed by atoms with van der Waals surface area (Å²) in [7, 11) is -4.80. The van der Waals surface area contributed by atoms with Crippen molar-refractivity contribution in [1.82, 2.24) is 9.55 Å². The third kappa shape index (κ3) is 5.41. The SMILES string of the molecule is CCc1cn(CC(OCP(=O)(O)O)C(F)(F)F)c(=O)[nH]c1=O. The predicted molar refractivity (Wildman–Crippen MR) is 68.5 cm³/mol. The highest BCUT2D eigenvalue weighted by Gasteiger charge is 2.42. The molecule has 0 saturated carbocycles. The van der Waals surface area contributed by atoms with Crippen molar-refractivity contribution in [1.29, 1.82) is 0 Å². The number of H-pyrrole nitrogens is 1. The number of aromatic nitrogens is 2. The first-order chi connectivity index (χ1) is 9.94. The Bertz CT molecular complexity index is 676. The van der Waals surface area contributed by atoms with Gasteiger partial charge in [0.15, 0.2) is 6.10 Å². The lowest BCUT2D eigenvalue weighted by Gasteiger charge is -2.21. The summed E-state index contributed by atoms with van der Waals surface area (Å²) in [5.41, 5.74) is -1.69. The third-order valence-electron chi connectivity index (χ3n) is 2.64. The summed E-state index contributed by atoms with van der Waals surface area (Å²) in [5.74, 6) is 0. The summed E-state index contributed by atoms with van der Waals surface area (Å²) in [5, 5.41) is 0. The first kappa shape index (κ1) is 18.6. The molecule has 1 rings (SSSR count). The summed E-state index contributed by atoms with van der Waals surface area (Å²) < 4.78 is 53.8. The minimum atomic E-state index is -4.95. The van der Waals surface area contributed by atoms with Gasteiger partial charge in [-0.05, 0) is 6.42 Å². The van der Waals surface area contributed by atoms with E-state index < -0.39 is 44.0 Å². The molecular weight excluding hydrogens is 332 g/mol. The van der Waals surface area contributed by atoms with E-state index >= 15 is 0 Å². The van der Waals surface area contributed by atoms with Gasteiger partial charge in [0.2, 0.25) is 0 Å². The van der Waals surface area contributed by atoms with E-state index in [-0.39, 0.29) is 12.0 Å². The smallest absolute Gasteiger partial charge is 0.354 e. The molecular formula is C10H14F3N2O6P. The lowest BCUT2D eigenvalue weighted by molar-refractivity contribution is -0.220. The molecule has 0 bridgehead atoms. The highest BCUT2D eigenvalue weighted by Crippen LogP contribution is 2.36. The van der Waals surface area contributed by atoms with E-state index in [1.165, 1.54) is 0 Å². The quantitative estimate of drug-likeness (QED) is 0.632. The Balaban J connectivity index is 3.07. The molecule has 0 amide bonds. The number of hydrogen-bond acceptors (Lipinski definition) is 4. The summed E-state index contributed by atoms with van der Waals surface area (Å²) in [6.45, 7) is 0.539. The van der Waals surface area contributed by atoms with E-state index in [4.69, 9.17) is 9.79 Å². The second-order valence-electron chi connectivity index (χ2n) is 4.41. The molecule has 0 aliphatic carbocycles. The van der Waals surface area contributed by atoms with Crippen molar-refractivity contribution in [2.24, 2.45) is 0 Å². The van der Waals surface area contributed by atoms with E-state index in [1.54, 1.807) is 6.92 Å². The van der Waals surface area contributed by atoms with Gasteiger partial charge in [0.1, 0.15) is 6.35 Å². The molecule has 3 N–H and O–H groups in total. The first-order valence-electron chi connectivity index (χ1n) is 5.99. The zero-order valence-electron chi connectivity index (χ0n) is 11.3. The monoisotopic (exact) mass is 346 g/mol. The predicted octanol–water partition coefficient (Wildman–Crippen LogP) is 0.182. The normalized spacial score (nSPS) is 14.1. The molecule has 0 spiro atoms. The molecule has 0 aromatic carbocycles. The van der Waals surface area contributed by atoms with Crippen LogP contribution in [-0.4, -0.2) is 38.0 Å². The Hall–Kier alpha value is -1.42. The van der Waals surface area contributed by atoms with Crippen LogP contribution < -0.4 is 11.2 Å². The Morgan fingerprint density at radius 2 is 2.00 bits per heavy atom. The largest absolute Gasteiger partial charge is 0.416 e. The van der Waals surface area contributed by atoms with Gasteiger partial charge in [0.05, 0.1) is 6.54 Å². The van der Waals surface area contributed by atoms with Crippen molar-refractivity contribution in [3.63, 3.8) is 0 Å². The van der Waals surface area contributed by atoms with Crippen LogP contribution in [0, 0.1) is 0 Å². The molecule has 1 aromatic rings. The highest BCUT2D eigenvalue weighted by atomic mass is 31.2. The summed E-state index contributed by atoms with van der Waals surface area (Å²) in [4.78, 5) is 41.9. The van der Waals surface area contributed by atoms with E-state index in [1.807, 2.05) is 4.98 Å². The fourth-order valence-corrected chi connectivity index (χ4v) is 1.93. The zero-order valence-corrected chi connectivity index (χ0v) is 12.2. The second-order valence-corrected chi connectivity index (χ2v) is 6.00. The number of aromatic amines is 1. The van der Waals surface area contributed by atoms with Gasteiger partial charge in [-0.3, -0.25) is 18.9 Å². The Morgan fingerprint density at radius 1 is 1.41 bits per heavy atom. The van der Waals surface area contributed by atoms with Crippen LogP contribution >= 0.6 is 7.60 Å². The van der Waals surface area contributed by atoms with Crippen molar-refractivity contribution in [3.8, 4) is 0 Å². The van der Waals surface area contributed by atoms with Gasteiger partial charge in [0.25, 0.3) is 5.56 Å². The number of nitrogens with one attached hydrogen (secondary N) is 1. The molecule has 1 unspecified atom stereocenters. The molecule has 0 saturated heterocycles. The van der Waals surface area contributed by atoms with Gasteiger partial charge < -0.3 is 14.5 Å². The van der Waals surface area contributed by atoms with E-state index in [0.717, 1.165) is 6.20 Å². The van der Waals surface area contributed by atoms with Crippen molar-refractivity contribution < 1.29 is 32.3 Å². The number of aryl methyl sites for hydroxylation is 1. The number of alkyl halides is 3. The summed E-state index contributed by atoms with van der Waals surface area (Å²) in [6.07, 6.45) is -7.84. The Labute approximate surface area is 121 Å². The molecule has 22 heavy (non-hydrogen) atoms. The van der Waals surface area contributed by atoms with Crippen LogP contribution in [0.5, 0.6) is 0 Å². The molecule has 12 heteroatoms. The molecule has 1 aromatic heterocycles. The molecule has 0 aliphatic rings. The van der Waals surface area contributed by atoms with Crippen LogP contribution in [0.15, 0.2) is 15.8 Å². The van der Waals surface area contributed by atoms with Gasteiger partial charge in [-0.1, -0.05) is 6.92 Å². The van der Waals surface area contributed by atoms with Crippen molar-refractivity contribution in [2.75, 3.05) is 6.35 Å². The first-order valence-corrected chi connectivity index (χ1v) is 7.79. The van der Waals surface area contributed by atoms with Crippen LogP contribution in [0.4, 0.5) is 13.2 Å². The highest BCUT2D eigenvalue weighted by molar-refractivity contribution is 7.51. The average Bonchev–Trinajstić information content (AvgIpc) is 2.34. The standard InChI is InChI=1S/C10H14F3N2O6P/c1-2-6-3-15(9(17)14-8(6)16)4-7(10(11,12)13)21-5-22(18,19)20/h3,7H,2,4-5H2,1H3,(H,14,16,17)(H2,18,19,20). The average molecular weight is 346 g/mol. The fraction of sp³-hybridized carbons (Fsp3) is 0.600. The molecule has 1 atom stereocenters. The van der Waals surface area contributed by atoms with Crippen LogP contribution in [-0.2, 0) is 22.3 Å². The van der Waals surface area contributed by atoms with Crippen LogP contribution in [0.25, 0.3) is 0 Å².